The van der Waals surface area contributed by atoms with Crippen molar-refractivity contribution < 1.29 is 4.74 Å². The van der Waals surface area contributed by atoms with Gasteiger partial charge in [-0.2, -0.15) is 0 Å². The van der Waals surface area contributed by atoms with E-state index in [0.29, 0.717) is 6.54 Å². The van der Waals surface area contributed by atoms with Crippen LogP contribution in [-0.4, -0.2) is 13.7 Å². The topological polar surface area (TPSA) is 35.2 Å². The van der Waals surface area contributed by atoms with Crippen molar-refractivity contribution in [1.29, 1.82) is 0 Å². The first kappa shape index (κ1) is 10.3. The molecule has 0 bridgehead atoms. The second-order valence-electron chi connectivity index (χ2n) is 2.66. The second kappa shape index (κ2) is 4.44. The van der Waals surface area contributed by atoms with E-state index in [1.807, 2.05) is 18.2 Å². The molecule has 2 nitrogen and oxygen atoms in total. The van der Waals surface area contributed by atoms with E-state index in [1.54, 1.807) is 7.11 Å². The van der Waals surface area contributed by atoms with E-state index < -0.39 is 0 Å². The molecule has 1 aromatic rings. The van der Waals surface area contributed by atoms with E-state index in [9.17, 15) is 0 Å². The van der Waals surface area contributed by atoms with Gasteiger partial charge in [0.05, 0.1) is 11.6 Å². The lowest BCUT2D eigenvalue weighted by atomic mass is 10.1. The molecule has 0 aliphatic heterocycles. The van der Waals surface area contributed by atoms with E-state index in [4.69, 9.17) is 10.5 Å². The summed E-state index contributed by atoms with van der Waals surface area (Å²) in [5.74, 6) is 0.813. The third kappa shape index (κ3) is 2.32. The number of rotatable bonds is 3. The SMILES string of the molecule is C=C(CN)c1ccc(OC)c(Br)c1. The lowest BCUT2D eigenvalue weighted by Gasteiger charge is -2.06. The van der Waals surface area contributed by atoms with Gasteiger partial charge in [0.25, 0.3) is 0 Å². The Morgan fingerprint density at radius 3 is 2.77 bits per heavy atom. The molecule has 0 unspecified atom stereocenters. The third-order valence-electron chi connectivity index (χ3n) is 1.81. The largest absolute Gasteiger partial charge is 0.496 e. The minimum Gasteiger partial charge on any atom is -0.496 e. The summed E-state index contributed by atoms with van der Waals surface area (Å²) >= 11 is 3.40. The highest BCUT2D eigenvalue weighted by Gasteiger charge is 2.02. The molecule has 1 aromatic carbocycles. The Labute approximate surface area is 86.5 Å². The van der Waals surface area contributed by atoms with Crippen LogP contribution in [0.3, 0.4) is 0 Å². The van der Waals surface area contributed by atoms with E-state index in [1.165, 1.54) is 0 Å². The lowest BCUT2D eigenvalue weighted by Crippen LogP contribution is -2.00. The number of hydrogen-bond donors (Lipinski definition) is 1. The van der Waals surface area contributed by atoms with Crippen LogP contribution in [0.5, 0.6) is 5.75 Å². The van der Waals surface area contributed by atoms with E-state index in [2.05, 4.69) is 22.5 Å². The molecule has 0 spiro atoms. The minimum atomic E-state index is 0.471. The van der Waals surface area contributed by atoms with Crippen LogP contribution >= 0.6 is 15.9 Å². The lowest BCUT2D eigenvalue weighted by molar-refractivity contribution is 0.412. The fraction of sp³-hybridized carbons (Fsp3) is 0.200. The highest BCUT2D eigenvalue weighted by atomic mass is 79.9. The van der Waals surface area contributed by atoms with Crippen LogP contribution in [0.15, 0.2) is 29.3 Å². The molecule has 0 radical (unpaired) electrons. The van der Waals surface area contributed by atoms with Crippen LogP contribution in [-0.2, 0) is 0 Å². The standard InChI is InChI=1S/C10H12BrNO/c1-7(6-12)8-3-4-10(13-2)9(11)5-8/h3-5H,1,6,12H2,2H3. The van der Waals surface area contributed by atoms with Gasteiger partial charge in [0.2, 0.25) is 0 Å². The molecular weight excluding hydrogens is 230 g/mol. The van der Waals surface area contributed by atoms with Gasteiger partial charge in [-0.15, -0.1) is 0 Å². The zero-order valence-electron chi connectivity index (χ0n) is 7.51. The van der Waals surface area contributed by atoms with Crippen molar-refractivity contribution in [2.24, 2.45) is 5.73 Å². The molecule has 0 aliphatic rings. The summed E-state index contributed by atoms with van der Waals surface area (Å²) in [5, 5.41) is 0. The predicted octanol–water partition coefficient (Wildman–Crippen LogP) is 2.43. The average molecular weight is 242 g/mol. The molecule has 0 heterocycles. The number of methoxy groups -OCH3 is 1. The van der Waals surface area contributed by atoms with Crippen molar-refractivity contribution in [3.63, 3.8) is 0 Å². The molecule has 0 amide bonds. The fourth-order valence-electron chi connectivity index (χ4n) is 1.00. The molecule has 0 saturated heterocycles. The Hall–Kier alpha value is -0.800. The first-order valence-electron chi connectivity index (χ1n) is 3.90. The van der Waals surface area contributed by atoms with Gasteiger partial charge in [-0.25, -0.2) is 0 Å². The van der Waals surface area contributed by atoms with Crippen molar-refractivity contribution in [3.8, 4) is 5.75 Å². The zero-order chi connectivity index (χ0) is 9.84. The van der Waals surface area contributed by atoms with Crippen LogP contribution in [0.2, 0.25) is 0 Å². The van der Waals surface area contributed by atoms with Crippen LogP contribution in [0.1, 0.15) is 5.56 Å². The van der Waals surface area contributed by atoms with E-state index in [-0.39, 0.29) is 0 Å². The third-order valence-corrected chi connectivity index (χ3v) is 2.43. The summed E-state index contributed by atoms with van der Waals surface area (Å²) in [7, 11) is 1.64. The van der Waals surface area contributed by atoms with Gasteiger partial charge in [0, 0.05) is 6.54 Å². The number of ether oxygens (including phenoxy) is 1. The van der Waals surface area contributed by atoms with Gasteiger partial charge in [-0.05, 0) is 39.2 Å². The molecule has 3 heteroatoms. The summed E-state index contributed by atoms with van der Waals surface area (Å²) in [4.78, 5) is 0. The van der Waals surface area contributed by atoms with E-state index in [0.717, 1.165) is 21.4 Å². The quantitative estimate of drug-likeness (QED) is 0.883. The molecule has 1 rings (SSSR count). The number of halogens is 1. The smallest absolute Gasteiger partial charge is 0.133 e. The Balaban J connectivity index is 3.02. The van der Waals surface area contributed by atoms with Gasteiger partial charge in [0.1, 0.15) is 5.75 Å². The molecule has 0 aliphatic carbocycles. The van der Waals surface area contributed by atoms with Gasteiger partial charge >= 0.3 is 0 Å². The van der Waals surface area contributed by atoms with Crippen molar-refractivity contribution in [3.05, 3.63) is 34.8 Å². The summed E-state index contributed by atoms with van der Waals surface area (Å²) in [5.41, 5.74) is 7.44. The van der Waals surface area contributed by atoms with E-state index >= 15 is 0 Å². The highest BCUT2D eigenvalue weighted by molar-refractivity contribution is 9.10. The first-order chi connectivity index (χ1) is 6.19. The number of benzene rings is 1. The van der Waals surface area contributed by atoms with Crippen molar-refractivity contribution >= 4 is 21.5 Å². The fourth-order valence-corrected chi connectivity index (χ4v) is 1.54. The first-order valence-corrected chi connectivity index (χ1v) is 4.70. The molecule has 0 atom stereocenters. The second-order valence-corrected chi connectivity index (χ2v) is 3.51. The van der Waals surface area contributed by atoms with Crippen molar-refractivity contribution in [2.45, 2.75) is 0 Å². The maximum atomic E-state index is 5.48. The maximum absolute atomic E-state index is 5.48. The molecule has 0 fully saturated rings. The molecule has 0 saturated carbocycles. The maximum Gasteiger partial charge on any atom is 0.133 e. The van der Waals surface area contributed by atoms with Gasteiger partial charge in [-0.1, -0.05) is 12.6 Å². The van der Waals surface area contributed by atoms with Crippen molar-refractivity contribution in [2.75, 3.05) is 13.7 Å². The Bertz CT molecular complexity index is 323. The zero-order valence-corrected chi connectivity index (χ0v) is 9.10. The molecular formula is C10H12BrNO. The minimum absolute atomic E-state index is 0.471. The Morgan fingerprint density at radius 2 is 2.31 bits per heavy atom. The predicted molar refractivity (Wildman–Crippen MR) is 58.8 cm³/mol. The van der Waals surface area contributed by atoms with Gasteiger partial charge in [-0.3, -0.25) is 0 Å². The Kier molecular flexibility index (Phi) is 3.51. The van der Waals surface area contributed by atoms with Crippen LogP contribution in [0, 0.1) is 0 Å². The summed E-state index contributed by atoms with van der Waals surface area (Å²) in [6.45, 7) is 4.32. The highest BCUT2D eigenvalue weighted by Crippen LogP contribution is 2.27. The molecule has 70 valence electrons. The monoisotopic (exact) mass is 241 g/mol. The molecule has 0 aromatic heterocycles. The number of hydrogen-bond acceptors (Lipinski definition) is 2. The molecule has 13 heavy (non-hydrogen) atoms. The summed E-state index contributed by atoms with van der Waals surface area (Å²) in [6.07, 6.45) is 0. The Morgan fingerprint density at radius 1 is 1.62 bits per heavy atom. The summed E-state index contributed by atoms with van der Waals surface area (Å²) < 4.78 is 6.02. The molecule has 2 N–H and O–H groups in total. The van der Waals surface area contributed by atoms with Gasteiger partial charge in [0.15, 0.2) is 0 Å². The van der Waals surface area contributed by atoms with Crippen LogP contribution in [0.4, 0.5) is 0 Å². The van der Waals surface area contributed by atoms with Crippen LogP contribution in [0.25, 0.3) is 5.57 Å². The normalized spacial score (nSPS) is 9.77. The van der Waals surface area contributed by atoms with Crippen molar-refractivity contribution in [1.82, 2.24) is 0 Å². The van der Waals surface area contributed by atoms with Crippen LogP contribution < -0.4 is 10.5 Å². The summed E-state index contributed by atoms with van der Waals surface area (Å²) in [6, 6.07) is 5.78. The van der Waals surface area contributed by atoms with Gasteiger partial charge < -0.3 is 10.5 Å². The number of nitrogens with two attached hydrogens (primary N) is 1. The average Bonchev–Trinajstić information content (AvgIpc) is 2.16.